The van der Waals surface area contributed by atoms with Crippen LogP contribution in [0.15, 0.2) is 18.2 Å². The van der Waals surface area contributed by atoms with E-state index in [1.54, 1.807) is 0 Å². The summed E-state index contributed by atoms with van der Waals surface area (Å²) in [5, 5.41) is 11.3. The van der Waals surface area contributed by atoms with Gasteiger partial charge in [-0.15, -0.1) is 0 Å². The number of nitrogens with one attached hydrogen (secondary N) is 1. The first-order valence-electron chi connectivity index (χ1n) is 6.42. The largest absolute Gasteiger partial charge is 0.480 e. The Hall–Kier alpha value is -1.98. The highest BCUT2D eigenvalue weighted by molar-refractivity contribution is 5.84. The maximum atomic E-state index is 13.4. The molecular formula is C14H15F2NO3. The minimum absolute atomic E-state index is 0.321. The van der Waals surface area contributed by atoms with E-state index < -0.39 is 36.0 Å². The summed E-state index contributed by atoms with van der Waals surface area (Å²) in [6, 6.07) is 2.33. The van der Waals surface area contributed by atoms with E-state index in [1.165, 1.54) is 6.07 Å². The Bertz CT molecular complexity index is 509. The van der Waals surface area contributed by atoms with Crippen LogP contribution in [0.4, 0.5) is 8.78 Å². The normalized spacial score (nSPS) is 15.7. The molecule has 1 aromatic carbocycles. The number of aliphatic carboxylic acids is 1. The van der Waals surface area contributed by atoms with Crippen LogP contribution < -0.4 is 5.32 Å². The fourth-order valence-electron chi connectivity index (χ4n) is 2.02. The molecule has 1 fully saturated rings. The molecule has 6 heteroatoms. The van der Waals surface area contributed by atoms with Crippen molar-refractivity contribution in [1.29, 1.82) is 0 Å². The standard InChI is InChI=1S/C14H15F2NO3/c15-10-2-1-3-11(16)9(10)7-13(18)17-12(14(19)20)6-8-4-5-8/h1-3,8,12H,4-7H2,(H,17,18)(H,19,20). The lowest BCUT2D eigenvalue weighted by Gasteiger charge is -2.14. The van der Waals surface area contributed by atoms with E-state index in [1.807, 2.05) is 0 Å². The van der Waals surface area contributed by atoms with Crippen molar-refractivity contribution < 1.29 is 23.5 Å². The monoisotopic (exact) mass is 283 g/mol. The average Bonchev–Trinajstić information content (AvgIpc) is 3.17. The fraction of sp³-hybridized carbons (Fsp3) is 0.429. The maximum Gasteiger partial charge on any atom is 0.326 e. The molecule has 2 N–H and O–H groups in total. The van der Waals surface area contributed by atoms with E-state index in [4.69, 9.17) is 5.11 Å². The van der Waals surface area contributed by atoms with Crippen LogP contribution in [0, 0.1) is 17.6 Å². The van der Waals surface area contributed by atoms with Crippen LogP contribution in [0.1, 0.15) is 24.8 Å². The van der Waals surface area contributed by atoms with Crippen LogP contribution >= 0.6 is 0 Å². The van der Waals surface area contributed by atoms with Gasteiger partial charge in [0.25, 0.3) is 0 Å². The van der Waals surface area contributed by atoms with Gasteiger partial charge in [0.15, 0.2) is 0 Å². The number of hydrogen-bond acceptors (Lipinski definition) is 2. The third-order valence-electron chi connectivity index (χ3n) is 3.30. The highest BCUT2D eigenvalue weighted by Gasteiger charge is 2.30. The quantitative estimate of drug-likeness (QED) is 0.837. The van der Waals surface area contributed by atoms with Gasteiger partial charge in [-0.05, 0) is 24.5 Å². The van der Waals surface area contributed by atoms with Crippen molar-refractivity contribution >= 4 is 11.9 Å². The first kappa shape index (κ1) is 14.4. The summed E-state index contributed by atoms with van der Waals surface area (Å²) < 4.78 is 26.8. The number of carboxylic acids is 1. The molecule has 1 saturated carbocycles. The molecule has 1 aliphatic rings. The SMILES string of the molecule is O=C(Cc1c(F)cccc1F)NC(CC1CC1)C(=O)O. The fourth-order valence-corrected chi connectivity index (χ4v) is 2.02. The Kier molecular flexibility index (Phi) is 4.32. The van der Waals surface area contributed by atoms with Gasteiger partial charge in [-0.3, -0.25) is 4.79 Å². The topological polar surface area (TPSA) is 66.4 Å². The molecule has 0 saturated heterocycles. The number of carbonyl (C=O) groups is 2. The van der Waals surface area contributed by atoms with Gasteiger partial charge in [-0.2, -0.15) is 0 Å². The van der Waals surface area contributed by atoms with Crippen molar-refractivity contribution in [1.82, 2.24) is 5.32 Å². The van der Waals surface area contributed by atoms with E-state index in [0.717, 1.165) is 25.0 Å². The molecule has 1 unspecified atom stereocenters. The molecule has 20 heavy (non-hydrogen) atoms. The predicted octanol–water partition coefficient (Wildman–Crippen LogP) is 1.88. The minimum atomic E-state index is -1.13. The number of hydrogen-bond donors (Lipinski definition) is 2. The second-order valence-electron chi connectivity index (χ2n) is 5.01. The van der Waals surface area contributed by atoms with Gasteiger partial charge in [0, 0.05) is 5.56 Å². The van der Waals surface area contributed by atoms with Gasteiger partial charge in [-0.25, -0.2) is 13.6 Å². The number of rotatable bonds is 6. The number of benzene rings is 1. The molecule has 4 nitrogen and oxygen atoms in total. The van der Waals surface area contributed by atoms with E-state index >= 15 is 0 Å². The lowest BCUT2D eigenvalue weighted by atomic mass is 10.1. The van der Waals surface area contributed by atoms with Gasteiger partial charge < -0.3 is 10.4 Å². The van der Waals surface area contributed by atoms with Crippen LogP contribution in [-0.2, 0) is 16.0 Å². The summed E-state index contributed by atoms with van der Waals surface area (Å²) in [5.74, 6) is -3.12. The molecule has 0 aliphatic heterocycles. The van der Waals surface area contributed by atoms with Crippen molar-refractivity contribution in [2.24, 2.45) is 5.92 Å². The Balaban J connectivity index is 1.98. The average molecular weight is 283 g/mol. The molecule has 0 aromatic heterocycles. The third-order valence-corrected chi connectivity index (χ3v) is 3.30. The molecular weight excluding hydrogens is 268 g/mol. The number of carboxylic acid groups (broad SMARTS) is 1. The minimum Gasteiger partial charge on any atom is -0.480 e. The Morgan fingerprint density at radius 2 is 1.90 bits per heavy atom. The van der Waals surface area contributed by atoms with Crippen LogP contribution in [-0.4, -0.2) is 23.0 Å². The Labute approximate surface area is 114 Å². The molecule has 1 aromatic rings. The highest BCUT2D eigenvalue weighted by atomic mass is 19.1. The molecule has 1 amide bonds. The number of halogens is 2. The van der Waals surface area contributed by atoms with Gasteiger partial charge in [0.1, 0.15) is 17.7 Å². The zero-order chi connectivity index (χ0) is 14.7. The molecule has 1 atom stereocenters. The van der Waals surface area contributed by atoms with Crippen LogP contribution in [0.5, 0.6) is 0 Å². The van der Waals surface area contributed by atoms with Crippen molar-refractivity contribution in [2.45, 2.75) is 31.7 Å². The van der Waals surface area contributed by atoms with Crippen molar-refractivity contribution in [3.63, 3.8) is 0 Å². The van der Waals surface area contributed by atoms with Crippen molar-refractivity contribution in [3.05, 3.63) is 35.4 Å². The summed E-state index contributed by atoms with van der Waals surface area (Å²) in [7, 11) is 0. The maximum absolute atomic E-state index is 13.4. The summed E-state index contributed by atoms with van der Waals surface area (Å²) in [6.07, 6.45) is 1.77. The second-order valence-corrected chi connectivity index (χ2v) is 5.01. The Morgan fingerprint density at radius 3 is 2.40 bits per heavy atom. The Morgan fingerprint density at radius 1 is 1.30 bits per heavy atom. The molecule has 0 bridgehead atoms. The number of carbonyl (C=O) groups excluding carboxylic acids is 1. The summed E-state index contributed by atoms with van der Waals surface area (Å²) >= 11 is 0. The van der Waals surface area contributed by atoms with E-state index in [0.29, 0.717) is 12.3 Å². The van der Waals surface area contributed by atoms with Crippen molar-refractivity contribution in [3.8, 4) is 0 Å². The van der Waals surface area contributed by atoms with Gasteiger partial charge in [0.05, 0.1) is 6.42 Å². The number of amides is 1. The molecule has 0 spiro atoms. The molecule has 2 rings (SSSR count). The zero-order valence-corrected chi connectivity index (χ0v) is 10.7. The van der Waals surface area contributed by atoms with E-state index in [9.17, 15) is 18.4 Å². The summed E-state index contributed by atoms with van der Waals surface area (Å²) in [6.45, 7) is 0. The third kappa shape index (κ3) is 3.76. The molecule has 0 radical (unpaired) electrons. The van der Waals surface area contributed by atoms with Crippen LogP contribution in [0.3, 0.4) is 0 Å². The first-order valence-corrected chi connectivity index (χ1v) is 6.42. The lowest BCUT2D eigenvalue weighted by molar-refractivity contribution is -0.142. The van der Waals surface area contributed by atoms with Crippen LogP contribution in [0.25, 0.3) is 0 Å². The highest BCUT2D eigenvalue weighted by Crippen LogP contribution is 2.33. The van der Waals surface area contributed by atoms with E-state index in [-0.39, 0.29) is 5.56 Å². The van der Waals surface area contributed by atoms with Gasteiger partial charge in [0.2, 0.25) is 5.91 Å². The molecule has 108 valence electrons. The smallest absolute Gasteiger partial charge is 0.326 e. The van der Waals surface area contributed by atoms with Crippen molar-refractivity contribution in [2.75, 3.05) is 0 Å². The predicted molar refractivity (Wildman–Crippen MR) is 67.0 cm³/mol. The molecule has 0 heterocycles. The molecule has 1 aliphatic carbocycles. The second kappa shape index (κ2) is 5.98. The summed E-state index contributed by atoms with van der Waals surface area (Å²) in [5.41, 5.74) is -0.347. The van der Waals surface area contributed by atoms with E-state index in [2.05, 4.69) is 5.32 Å². The van der Waals surface area contributed by atoms with Crippen LogP contribution in [0.2, 0.25) is 0 Å². The summed E-state index contributed by atoms with van der Waals surface area (Å²) in [4.78, 5) is 22.7. The van der Waals surface area contributed by atoms with Gasteiger partial charge in [-0.1, -0.05) is 18.9 Å². The lowest BCUT2D eigenvalue weighted by Crippen LogP contribution is -2.42. The van der Waals surface area contributed by atoms with Gasteiger partial charge >= 0.3 is 5.97 Å². The first-order chi connectivity index (χ1) is 9.47. The zero-order valence-electron chi connectivity index (χ0n) is 10.7.